The minimum Gasteiger partial charge on any atom is -0.370 e. The largest absolute Gasteiger partial charge is 0.370 e. The van der Waals surface area contributed by atoms with Gasteiger partial charge in [-0.2, -0.15) is 0 Å². The lowest BCUT2D eigenvalue weighted by Crippen LogP contribution is -2.52. The average molecular weight is 557 g/mol. The Hall–Kier alpha value is -3.65. The van der Waals surface area contributed by atoms with E-state index in [4.69, 9.17) is 0 Å². The van der Waals surface area contributed by atoms with E-state index in [1.807, 2.05) is 41.5 Å². The number of amides is 3. The molecule has 3 aliphatic rings. The van der Waals surface area contributed by atoms with Gasteiger partial charge in [0.2, 0.25) is 5.91 Å². The van der Waals surface area contributed by atoms with E-state index in [9.17, 15) is 14.4 Å². The zero-order valence-electron chi connectivity index (χ0n) is 23.4. The molecule has 1 aromatic heterocycles. The summed E-state index contributed by atoms with van der Waals surface area (Å²) in [5.41, 5.74) is 5.56. The summed E-state index contributed by atoms with van der Waals surface area (Å²) in [5.74, 6) is -0.403. The number of hydrogen-bond donors (Lipinski definition) is 0. The Morgan fingerprint density at radius 2 is 1.62 bits per heavy atom. The number of rotatable bonds is 5. The van der Waals surface area contributed by atoms with Gasteiger partial charge < -0.3 is 14.7 Å². The molecule has 2 fully saturated rings. The number of piperazine rings is 1. The minimum absolute atomic E-state index is 0.120. The predicted molar refractivity (Wildman–Crippen MR) is 159 cm³/mol. The Kier molecular flexibility index (Phi) is 7.13. The third-order valence-corrected chi connectivity index (χ3v) is 9.93. The van der Waals surface area contributed by atoms with Crippen molar-refractivity contribution in [1.29, 1.82) is 0 Å². The first-order chi connectivity index (χ1) is 19.3. The van der Waals surface area contributed by atoms with Crippen molar-refractivity contribution in [2.45, 2.75) is 39.7 Å². The number of piperidine rings is 1. The third-order valence-electron chi connectivity index (χ3n) is 8.89. The molecule has 2 saturated heterocycles. The SMILES string of the molecule is Cc1cccc(N2CCN(C(=O)C3CCCN(c4cccc5c4C(=O)N(C(C)c4cccs4)C5=O)C3)CC2)c1C. The van der Waals surface area contributed by atoms with E-state index in [1.165, 1.54) is 21.7 Å². The van der Waals surface area contributed by atoms with Crippen LogP contribution in [0.25, 0.3) is 0 Å². The van der Waals surface area contributed by atoms with Crippen LogP contribution in [0.1, 0.15) is 62.5 Å². The van der Waals surface area contributed by atoms with Gasteiger partial charge in [-0.15, -0.1) is 11.3 Å². The van der Waals surface area contributed by atoms with Gasteiger partial charge in [0, 0.05) is 49.8 Å². The number of benzene rings is 2. The van der Waals surface area contributed by atoms with E-state index in [-0.39, 0.29) is 29.7 Å². The molecule has 6 rings (SSSR count). The van der Waals surface area contributed by atoms with Crippen LogP contribution in [0.15, 0.2) is 53.9 Å². The van der Waals surface area contributed by atoms with E-state index in [0.717, 1.165) is 43.0 Å². The van der Waals surface area contributed by atoms with Crippen LogP contribution in [0, 0.1) is 19.8 Å². The van der Waals surface area contributed by atoms with Crippen LogP contribution in [0.5, 0.6) is 0 Å². The number of aryl methyl sites for hydroxylation is 1. The van der Waals surface area contributed by atoms with Crippen molar-refractivity contribution in [3.8, 4) is 0 Å². The van der Waals surface area contributed by atoms with Crippen molar-refractivity contribution < 1.29 is 14.4 Å². The van der Waals surface area contributed by atoms with Crippen molar-refractivity contribution in [1.82, 2.24) is 9.80 Å². The predicted octanol–water partition coefficient (Wildman–Crippen LogP) is 5.29. The number of nitrogens with zero attached hydrogens (tertiary/aromatic N) is 4. The molecule has 2 unspecified atom stereocenters. The van der Waals surface area contributed by atoms with Crippen LogP contribution < -0.4 is 9.80 Å². The monoisotopic (exact) mass is 556 g/mol. The number of anilines is 2. The van der Waals surface area contributed by atoms with Crippen molar-refractivity contribution in [2.24, 2.45) is 5.92 Å². The summed E-state index contributed by atoms with van der Waals surface area (Å²) in [6.45, 7) is 10.6. The van der Waals surface area contributed by atoms with Crippen molar-refractivity contribution in [3.63, 3.8) is 0 Å². The lowest BCUT2D eigenvalue weighted by atomic mass is 9.94. The number of thiophene rings is 1. The summed E-state index contributed by atoms with van der Waals surface area (Å²) < 4.78 is 0. The highest BCUT2D eigenvalue weighted by Crippen LogP contribution is 2.38. The van der Waals surface area contributed by atoms with Crippen LogP contribution >= 0.6 is 11.3 Å². The molecule has 208 valence electrons. The zero-order valence-corrected chi connectivity index (χ0v) is 24.2. The number of carbonyl (C=O) groups is 3. The lowest BCUT2D eigenvalue weighted by molar-refractivity contribution is -0.136. The Balaban J connectivity index is 1.16. The molecule has 0 N–H and O–H groups in total. The highest BCUT2D eigenvalue weighted by Gasteiger charge is 2.42. The average Bonchev–Trinajstić information content (AvgIpc) is 3.61. The summed E-state index contributed by atoms with van der Waals surface area (Å²) in [6.07, 6.45) is 1.72. The number of hydrogen-bond acceptors (Lipinski definition) is 6. The van der Waals surface area contributed by atoms with E-state index in [2.05, 4.69) is 41.8 Å². The molecule has 0 radical (unpaired) electrons. The highest BCUT2D eigenvalue weighted by atomic mass is 32.1. The Labute approximate surface area is 240 Å². The summed E-state index contributed by atoms with van der Waals surface area (Å²) in [4.78, 5) is 49.6. The topological polar surface area (TPSA) is 64.2 Å². The molecule has 4 heterocycles. The summed E-state index contributed by atoms with van der Waals surface area (Å²) in [5, 5.41) is 1.96. The Bertz CT molecular complexity index is 1440. The maximum atomic E-state index is 13.7. The third kappa shape index (κ3) is 4.58. The van der Waals surface area contributed by atoms with Crippen molar-refractivity contribution in [3.05, 3.63) is 81.0 Å². The van der Waals surface area contributed by atoms with E-state index in [1.54, 1.807) is 17.4 Å². The summed E-state index contributed by atoms with van der Waals surface area (Å²) >= 11 is 1.55. The molecule has 3 amide bonds. The smallest absolute Gasteiger partial charge is 0.264 e. The van der Waals surface area contributed by atoms with Crippen LogP contribution in [0.4, 0.5) is 11.4 Å². The normalized spacial score (nSPS) is 20.2. The molecule has 0 bridgehead atoms. The number of fused-ring (bicyclic) bond motifs is 1. The van der Waals surface area contributed by atoms with Crippen LogP contribution in [-0.4, -0.2) is 66.8 Å². The van der Waals surface area contributed by atoms with Gasteiger partial charge >= 0.3 is 0 Å². The quantitative estimate of drug-likeness (QED) is 0.400. The van der Waals surface area contributed by atoms with Crippen LogP contribution in [-0.2, 0) is 4.79 Å². The van der Waals surface area contributed by atoms with E-state index >= 15 is 0 Å². The molecule has 3 aliphatic heterocycles. The van der Waals surface area contributed by atoms with E-state index in [0.29, 0.717) is 30.8 Å². The van der Waals surface area contributed by atoms with Crippen LogP contribution in [0.2, 0.25) is 0 Å². The molecule has 3 aromatic rings. The maximum absolute atomic E-state index is 13.7. The molecular weight excluding hydrogens is 520 g/mol. The van der Waals surface area contributed by atoms with Gasteiger partial charge in [0.05, 0.1) is 28.8 Å². The molecule has 7 nitrogen and oxygen atoms in total. The fourth-order valence-corrected chi connectivity index (χ4v) is 7.23. The van der Waals surface area contributed by atoms with Gasteiger partial charge in [0.1, 0.15) is 0 Å². The van der Waals surface area contributed by atoms with Crippen molar-refractivity contribution in [2.75, 3.05) is 49.1 Å². The fourth-order valence-electron chi connectivity index (χ4n) is 6.46. The second kappa shape index (κ2) is 10.7. The zero-order chi connectivity index (χ0) is 28.0. The summed E-state index contributed by atoms with van der Waals surface area (Å²) in [7, 11) is 0. The molecule has 2 atom stereocenters. The second-order valence-electron chi connectivity index (χ2n) is 11.2. The van der Waals surface area contributed by atoms with E-state index < -0.39 is 0 Å². The van der Waals surface area contributed by atoms with Crippen molar-refractivity contribution >= 4 is 40.4 Å². The van der Waals surface area contributed by atoms with Gasteiger partial charge in [-0.3, -0.25) is 19.3 Å². The Morgan fingerprint density at radius 3 is 2.38 bits per heavy atom. The first-order valence-corrected chi connectivity index (χ1v) is 15.1. The molecule has 0 aliphatic carbocycles. The minimum atomic E-state index is -0.321. The lowest BCUT2D eigenvalue weighted by Gasteiger charge is -2.40. The Morgan fingerprint density at radius 1 is 0.875 bits per heavy atom. The fraction of sp³-hybridized carbons (Fsp3) is 0.406. The van der Waals surface area contributed by atoms with Crippen LogP contribution in [0.3, 0.4) is 0 Å². The number of imide groups is 1. The molecule has 0 spiro atoms. The van der Waals surface area contributed by atoms with Gasteiger partial charge in [-0.1, -0.05) is 24.3 Å². The standard InChI is InChI=1S/C32H36N4O3S/c1-21-8-4-11-26(22(21)2)33-15-17-34(18-16-33)30(37)24-9-6-14-35(20-24)27-12-5-10-25-29(27)32(39)36(31(25)38)23(3)28-13-7-19-40-28/h4-5,7-8,10-13,19,23-24H,6,9,14-18,20H2,1-3H3. The van der Waals surface area contributed by atoms with Gasteiger partial charge in [-0.05, 0) is 74.4 Å². The highest BCUT2D eigenvalue weighted by molar-refractivity contribution is 7.10. The van der Waals surface area contributed by atoms with Gasteiger partial charge in [0.15, 0.2) is 0 Å². The molecule has 2 aromatic carbocycles. The number of carbonyl (C=O) groups excluding carboxylic acids is 3. The first-order valence-electron chi connectivity index (χ1n) is 14.2. The molecular formula is C32H36N4O3S. The molecule has 8 heteroatoms. The summed E-state index contributed by atoms with van der Waals surface area (Å²) in [6, 6.07) is 15.5. The molecule has 40 heavy (non-hydrogen) atoms. The van der Waals surface area contributed by atoms with Gasteiger partial charge in [-0.25, -0.2) is 0 Å². The molecule has 0 saturated carbocycles. The second-order valence-corrected chi connectivity index (χ2v) is 12.2. The maximum Gasteiger partial charge on any atom is 0.264 e. The first kappa shape index (κ1) is 26.6. The van der Waals surface area contributed by atoms with Gasteiger partial charge in [0.25, 0.3) is 11.8 Å².